The average molecular weight is 297 g/mol. The number of nitro groups is 1. The second-order valence-electron chi connectivity index (χ2n) is 4.87. The number of aliphatic carboxylic acids is 1. The molecule has 1 aliphatic heterocycles. The largest absolute Gasteiger partial charge is 0.481 e. The first-order valence-electron chi connectivity index (χ1n) is 6.60. The number of benzene rings is 1. The van der Waals surface area contributed by atoms with Gasteiger partial charge in [-0.2, -0.15) is 0 Å². The Morgan fingerprint density at radius 3 is 2.52 bits per heavy atom. The molecular weight excluding hydrogens is 281 g/mol. The summed E-state index contributed by atoms with van der Waals surface area (Å²) in [4.78, 5) is 24.3. The summed E-state index contributed by atoms with van der Waals surface area (Å²) < 4.78 is 13.9. The van der Waals surface area contributed by atoms with Gasteiger partial charge in [0.1, 0.15) is 0 Å². The molecule has 1 aliphatic rings. The van der Waals surface area contributed by atoms with Crippen molar-refractivity contribution in [2.45, 2.75) is 6.42 Å². The van der Waals surface area contributed by atoms with Crippen LogP contribution in [0.1, 0.15) is 6.42 Å². The highest BCUT2D eigenvalue weighted by Gasteiger charge is 2.21. The van der Waals surface area contributed by atoms with E-state index in [0.717, 1.165) is 6.07 Å². The number of carbonyl (C=O) groups is 1. The minimum absolute atomic E-state index is 0.0892. The fourth-order valence-corrected chi connectivity index (χ4v) is 2.33. The maximum absolute atomic E-state index is 13.9. The van der Waals surface area contributed by atoms with Gasteiger partial charge in [-0.15, -0.1) is 0 Å². The zero-order chi connectivity index (χ0) is 15.4. The van der Waals surface area contributed by atoms with Gasteiger partial charge in [0.15, 0.2) is 5.82 Å². The minimum Gasteiger partial charge on any atom is -0.481 e. The maximum Gasteiger partial charge on any atom is 0.304 e. The molecule has 7 nitrogen and oxygen atoms in total. The molecule has 0 atom stereocenters. The zero-order valence-corrected chi connectivity index (χ0v) is 11.4. The standard InChI is InChI=1S/C13H16FN3O4/c14-11-9-10(17(20)21)1-2-12(11)16-7-5-15(6-8-16)4-3-13(18)19/h1-2,9H,3-8H2,(H,18,19). The van der Waals surface area contributed by atoms with Gasteiger partial charge in [0.2, 0.25) is 0 Å². The predicted molar refractivity (Wildman–Crippen MR) is 74.0 cm³/mol. The van der Waals surface area contributed by atoms with Crippen LogP contribution in [0.15, 0.2) is 18.2 Å². The summed E-state index contributed by atoms with van der Waals surface area (Å²) in [5.74, 6) is -1.44. The van der Waals surface area contributed by atoms with Crippen LogP contribution in [0.3, 0.4) is 0 Å². The van der Waals surface area contributed by atoms with Crippen molar-refractivity contribution in [2.75, 3.05) is 37.6 Å². The second kappa shape index (κ2) is 6.49. The first-order chi connectivity index (χ1) is 9.97. The lowest BCUT2D eigenvalue weighted by Crippen LogP contribution is -2.47. The summed E-state index contributed by atoms with van der Waals surface area (Å²) in [6, 6.07) is 3.63. The Morgan fingerprint density at radius 2 is 2.00 bits per heavy atom. The van der Waals surface area contributed by atoms with E-state index in [1.807, 2.05) is 9.80 Å². The Kier molecular flexibility index (Phi) is 4.69. The number of hydrogen-bond acceptors (Lipinski definition) is 5. The van der Waals surface area contributed by atoms with Gasteiger partial charge in [-0.1, -0.05) is 0 Å². The lowest BCUT2D eigenvalue weighted by atomic mass is 10.2. The molecule has 2 rings (SSSR count). The second-order valence-corrected chi connectivity index (χ2v) is 4.87. The lowest BCUT2D eigenvalue weighted by Gasteiger charge is -2.35. The molecule has 21 heavy (non-hydrogen) atoms. The van der Waals surface area contributed by atoms with Crippen molar-refractivity contribution < 1.29 is 19.2 Å². The van der Waals surface area contributed by atoms with E-state index in [9.17, 15) is 19.3 Å². The van der Waals surface area contributed by atoms with Gasteiger partial charge >= 0.3 is 5.97 Å². The van der Waals surface area contributed by atoms with Crippen molar-refractivity contribution in [1.29, 1.82) is 0 Å². The van der Waals surface area contributed by atoms with E-state index >= 15 is 0 Å². The number of halogens is 1. The van der Waals surface area contributed by atoms with Crippen LogP contribution in [0.4, 0.5) is 15.8 Å². The smallest absolute Gasteiger partial charge is 0.304 e. The third kappa shape index (κ3) is 3.88. The van der Waals surface area contributed by atoms with Crippen LogP contribution >= 0.6 is 0 Å². The number of carboxylic acids is 1. The molecular formula is C13H16FN3O4. The number of hydrogen-bond donors (Lipinski definition) is 1. The van der Waals surface area contributed by atoms with Gasteiger partial charge in [0.05, 0.1) is 23.1 Å². The molecule has 0 aliphatic carbocycles. The molecule has 1 fully saturated rings. The maximum atomic E-state index is 13.9. The highest BCUT2D eigenvalue weighted by molar-refractivity contribution is 5.66. The number of nitrogens with zero attached hydrogens (tertiary/aromatic N) is 3. The number of non-ortho nitro benzene ring substituents is 1. The predicted octanol–water partition coefficient (Wildman–Crippen LogP) is 1.33. The van der Waals surface area contributed by atoms with Crippen LogP contribution in [0.2, 0.25) is 0 Å². The molecule has 1 N–H and O–H groups in total. The van der Waals surface area contributed by atoms with E-state index in [1.165, 1.54) is 12.1 Å². The highest BCUT2D eigenvalue weighted by Crippen LogP contribution is 2.24. The number of rotatable bonds is 5. The highest BCUT2D eigenvalue weighted by atomic mass is 19.1. The molecule has 0 spiro atoms. The van der Waals surface area contributed by atoms with Gasteiger partial charge in [0, 0.05) is 38.8 Å². The van der Waals surface area contributed by atoms with Crippen LogP contribution in [-0.4, -0.2) is 53.6 Å². The summed E-state index contributed by atoms with van der Waals surface area (Å²) >= 11 is 0. The van der Waals surface area contributed by atoms with E-state index in [2.05, 4.69) is 0 Å². The van der Waals surface area contributed by atoms with Crippen molar-refractivity contribution in [3.8, 4) is 0 Å². The summed E-state index contributed by atoms with van der Waals surface area (Å²) in [6.45, 7) is 2.89. The number of nitro benzene ring substituents is 1. The van der Waals surface area contributed by atoms with E-state index in [1.54, 1.807) is 0 Å². The van der Waals surface area contributed by atoms with Crippen molar-refractivity contribution in [2.24, 2.45) is 0 Å². The van der Waals surface area contributed by atoms with Crippen molar-refractivity contribution >= 4 is 17.3 Å². The normalized spacial score (nSPS) is 16.0. The summed E-state index contributed by atoms with van der Waals surface area (Å²) in [5, 5.41) is 19.2. The van der Waals surface area contributed by atoms with E-state index in [0.29, 0.717) is 38.4 Å². The quantitative estimate of drug-likeness (QED) is 0.651. The van der Waals surface area contributed by atoms with Crippen molar-refractivity contribution in [1.82, 2.24) is 4.90 Å². The van der Waals surface area contributed by atoms with Crippen LogP contribution in [0, 0.1) is 15.9 Å². The topological polar surface area (TPSA) is 86.9 Å². The molecule has 0 unspecified atom stereocenters. The summed E-state index contributed by atoms with van der Waals surface area (Å²) in [6.07, 6.45) is 0.0892. The molecule has 0 bridgehead atoms. The van der Waals surface area contributed by atoms with Gasteiger partial charge < -0.3 is 10.0 Å². The lowest BCUT2D eigenvalue weighted by molar-refractivity contribution is -0.385. The molecule has 114 valence electrons. The monoisotopic (exact) mass is 297 g/mol. The van der Waals surface area contributed by atoms with Crippen LogP contribution < -0.4 is 4.90 Å². The average Bonchev–Trinajstić information content (AvgIpc) is 2.45. The first kappa shape index (κ1) is 15.2. The van der Waals surface area contributed by atoms with Crippen LogP contribution in [0.25, 0.3) is 0 Å². The van der Waals surface area contributed by atoms with E-state index in [-0.39, 0.29) is 12.1 Å². The van der Waals surface area contributed by atoms with E-state index < -0.39 is 16.7 Å². The molecule has 8 heteroatoms. The SMILES string of the molecule is O=C(O)CCN1CCN(c2ccc([N+](=O)[O-])cc2F)CC1. The van der Waals surface area contributed by atoms with Crippen molar-refractivity contribution in [3.05, 3.63) is 34.1 Å². The molecule has 1 saturated heterocycles. The Labute approximate surface area is 120 Å². The number of piperazine rings is 1. The van der Waals surface area contributed by atoms with Gasteiger partial charge in [-0.3, -0.25) is 19.8 Å². The summed E-state index contributed by atoms with van der Waals surface area (Å²) in [7, 11) is 0. The summed E-state index contributed by atoms with van der Waals surface area (Å²) in [5.41, 5.74) is 0.0785. The van der Waals surface area contributed by atoms with Gasteiger partial charge in [-0.05, 0) is 6.07 Å². The molecule has 1 heterocycles. The van der Waals surface area contributed by atoms with Crippen molar-refractivity contribution in [3.63, 3.8) is 0 Å². The number of anilines is 1. The molecule has 1 aromatic carbocycles. The van der Waals surface area contributed by atoms with E-state index in [4.69, 9.17) is 5.11 Å². The minimum atomic E-state index is -0.834. The Bertz CT molecular complexity index is 544. The molecule has 0 saturated carbocycles. The Hall–Kier alpha value is -2.22. The Balaban J connectivity index is 1.96. The fraction of sp³-hybridized carbons (Fsp3) is 0.462. The molecule has 1 aromatic rings. The Morgan fingerprint density at radius 1 is 1.33 bits per heavy atom. The fourth-order valence-electron chi connectivity index (χ4n) is 2.33. The third-order valence-electron chi connectivity index (χ3n) is 3.50. The van der Waals surface area contributed by atoms with Gasteiger partial charge in [0.25, 0.3) is 5.69 Å². The zero-order valence-electron chi connectivity index (χ0n) is 11.4. The van der Waals surface area contributed by atoms with Crippen LogP contribution in [-0.2, 0) is 4.79 Å². The molecule has 0 radical (unpaired) electrons. The molecule has 0 amide bonds. The molecule has 0 aromatic heterocycles. The number of carboxylic acid groups (broad SMARTS) is 1. The van der Waals surface area contributed by atoms with Crippen LogP contribution in [0.5, 0.6) is 0 Å². The van der Waals surface area contributed by atoms with Gasteiger partial charge in [-0.25, -0.2) is 4.39 Å². The third-order valence-corrected chi connectivity index (χ3v) is 3.50. The first-order valence-corrected chi connectivity index (χ1v) is 6.60.